The number of hydrogen-bond donors (Lipinski definition) is 3. The van der Waals surface area contributed by atoms with Gasteiger partial charge in [0.2, 0.25) is 0 Å². The average molecular weight is 275 g/mol. The Balaban J connectivity index is 2.28. The molecule has 20 heavy (non-hydrogen) atoms. The Kier molecular flexibility index (Phi) is 4.00. The van der Waals surface area contributed by atoms with Gasteiger partial charge in [0.05, 0.1) is 11.7 Å². The van der Waals surface area contributed by atoms with Crippen molar-refractivity contribution in [2.75, 3.05) is 5.32 Å². The van der Waals surface area contributed by atoms with Crippen LogP contribution < -0.4 is 5.32 Å². The van der Waals surface area contributed by atoms with Crippen LogP contribution in [0.4, 0.5) is 10.1 Å². The predicted octanol–water partition coefficient (Wildman–Crippen LogP) is 2.84. The van der Waals surface area contributed by atoms with Crippen molar-refractivity contribution in [3.05, 3.63) is 59.4 Å². The molecule has 0 fully saturated rings. The lowest BCUT2D eigenvalue weighted by atomic mass is 10.1. The van der Waals surface area contributed by atoms with Gasteiger partial charge in [-0.3, -0.25) is 4.79 Å². The Morgan fingerprint density at radius 3 is 2.60 bits per heavy atom. The van der Waals surface area contributed by atoms with Crippen LogP contribution in [0, 0.1) is 5.82 Å². The smallest absolute Gasteiger partial charge is 0.259 e. The molecule has 0 saturated heterocycles. The molecule has 1 unspecified atom stereocenters. The number of carbonyl (C=O) groups excluding carboxylic acids is 1. The van der Waals surface area contributed by atoms with Gasteiger partial charge in [-0.05, 0) is 25.1 Å². The van der Waals surface area contributed by atoms with Crippen LogP contribution in [-0.2, 0) is 0 Å². The summed E-state index contributed by atoms with van der Waals surface area (Å²) in [4.78, 5) is 12.0. The number of carbonyl (C=O) groups is 1. The number of nitrogens with one attached hydrogen (secondary N) is 1. The minimum Gasteiger partial charge on any atom is -0.507 e. The quantitative estimate of drug-likeness (QED) is 0.806. The Bertz CT molecular complexity index is 641. The third kappa shape index (κ3) is 2.95. The minimum atomic E-state index is -0.742. The lowest BCUT2D eigenvalue weighted by molar-refractivity contribution is 0.102. The first-order chi connectivity index (χ1) is 9.49. The van der Waals surface area contributed by atoms with Crippen LogP contribution in [-0.4, -0.2) is 16.1 Å². The highest BCUT2D eigenvalue weighted by molar-refractivity contribution is 6.06. The molecule has 2 aromatic carbocycles. The number of anilines is 1. The fraction of sp³-hybridized carbons (Fsp3) is 0.133. The summed E-state index contributed by atoms with van der Waals surface area (Å²) in [7, 11) is 0. The molecule has 0 aliphatic heterocycles. The van der Waals surface area contributed by atoms with E-state index < -0.39 is 23.6 Å². The summed E-state index contributed by atoms with van der Waals surface area (Å²) in [6, 6.07) is 9.94. The highest BCUT2D eigenvalue weighted by Crippen LogP contribution is 2.24. The van der Waals surface area contributed by atoms with E-state index in [2.05, 4.69) is 5.32 Å². The molecule has 0 aromatic heterocycles. The van der Waals surface area contributed by atoms with Gasteiger partial charge in [-0.15, -0.1) is 0 Å². The molecule has 0 aliphatic carbocycles. The van der Waals surface area contributed by atoms with E-state index in [1.807, 2.05) is 0 Å². The summed E-state index contributed by atoms with van der Waals surface area (Å²) in [6.45, 7) is 1.58. The zero-order valence-electron chi connectivity index (χ0n) is 10.8. The molecule has 1 atom stereocenters. The molecule has 0 radical (unpaired) electrons. The first-order valence-corrected chi connectivity index (χ1v) is 6.06. The van der Waals surface area contributed by atoms with Crippen LogP contribution in [0.1, 0.15) is 28.9 Å². The lowest BCUT2D eigenvalue weighted by Gasteiger charge is -2.13. The van der Waals surface area contributed by atoms with E-state index in [4.69, 9.17) is 0 Å². The van der Waals surface area contributed by atoms with Crippen molar-refractivity contribution in [3.8, 4) is 5.75 Å². The standard InChI is InChI=1S/C15H14FNO3/c1-9(18)11-4-2-3-5-13(11)17-15(20)12-7-6-10(16)8-14(12)19/h2-9,18-19H,1H3,(H,17,20). The van der Waals surface area contributed by atoms with Gasteiger partial charge in [0.25, 0.3) is 5.91 Å². The second-order valence-corrected chi connectivity index (χ2v) is 4.38. The number of benzene rings is 2. The fourth-order valence-corrected chi connectivity index (χ4v) is 1.86. The summed E-state index contributed by atoms with van der Waals surface area (Å²) in [5, 5.41) is 21.8. The van der Waals surface area contributed by atoms with Gasteiger partial charge in [0.1, 0.15) is 11.6 Å². The van der Waals surface area contributed by atoms with Gasteiger partial charge in [-0.1, -0.05) is 18.2 Å². The van der Waals surface area contributed by atoms with E-state index in [0.717, 1.165) is 12.1 Å². The predicted molar refractivity (Wildman–Crippen MR) is 73.1 cm³/mol. The number of phenolic OH excluding ortho intramolecular Hbond substituents is 1. The van der Waals surface area contributed by atoms with Crippen LogP contribution in [0.25, 0.3) is 0 Å². The van der Waals surface area contributed by atoms with Crippen molar-refractivity contribution >= 4 is 11.6 Å². The maximum Gasteiger partial charge on any atom is 0.259 e. The second kappa shape index (κ2) is 5.71. The van der Waals surface area contributed by atoms with Gasteiger partial charge < -0.3 is 15.5 Å². The van der Waals surface area contributed by atoms with E-state index >= 15 is 0 Å². The van der Waals surface area contributed by atoms with Crippen molar-refractivity contribution in [3.63, 3.8) is 0 Å². The topological polar surface area (TPSA) is 69.6 Å². The Hall–Kier alpha value is -2.40. The average Bonchev–Trinajstić information content (AvgIpc) is 2.38. The molecule has 3 N–H and O–H groups in total. The van der Waals surface area contributed by atoms with E-state index in [1.165, 1.54) is 6.07 Å². The fourth-order valence-electron chi connectivity index (χ4n) is 1.86. The third-order valence-corrected chi connectivity index (χ3v) is 2.86. The number of phenols is 1. The largest absolute Gasteiger partial charge is 0.507 e. The first kappa shape index (κ1) is 14.0. The zero-order chi connectivity index (χ0) is 14.7. The van der Waals surface area contributed by atoms with E-state index in [9.17, 15) is 19.4 Å². The second-order valence-electron chi connectivity index (χ2n) is 4.38. The number of aromatic hydroxyl groups is 1. The summed E-state index contributed by atoms with van der Waals surface area (Å²) in [5.74, 6) is -1.63. The number of hydrogen-bond acceptors (Lipinski definition) is 3. The van der Waals surface area contributed by atoms with E-state index in [1.54, 1.807) is 31.2 Å². The minimum absolute atomic E-state index is 0.0354. The molecule has 0 spiro atoms. The molecule has 0 aliphatic rings. The summed E-state index contributed by atoms with van der Waals surface area (Å²) in [6.07, 6.45) is -0.742. The highest BCUT2D eigenvalue weighted by Gasteiger charge is 2.14. The molecular weight excluding hydrogens is 261 g/mol. The molecular formula is C15H14FNO3. The van der Waals surface area contributed by atoms with Gasteiger partial charge in [0, 0.05) is 17.3 Å². The van der Waals surface area contributed by atoms with Crippen LogP contribution in [0.2, 0.25) is 0 Å². The normalized spacial score (nSPS) is 11.9. The van der Waals surface area contributed by atoms with Gasteiger partial charge in [0.15, 0.2) is 0 Å². The Labute approximate surface area is 115 Å². The first-order valence-electron chi connectivity index (χ1n) is 6.06. The maximum atomic E-state index is 12.9. The molecule has 5 heteroatoms. The van der Waals surface area contributed by atoms with Gasteiger partial charge >= 0.3 is 0 Å². The maximum absolute atomic E-state index is 12.9. The van der Waals surface area contributed by atoms with Crippen molar-refractivity contribution in [2.24, 2.45) is 0 Å². The van der Waals surface area contributed by atoms with Crippen molar-refractivity contribution < 1.29 is 19.4 Å². The monoisotopic (exact) mass is 275 g/mol. The van der Waals surface area contributed by atoms with Crippen molar-refractivity contribution in [1.29, 1.82) is 0 Å². The molecule has 2 aromatic rings. The highest BCUT2D eigenvalue weighted by atomic mass is 19.1. The van der Waals surface area contributed by atoms with Crippen LogP contribution in [0.3, 0.4) is 0 Å². The number of aliphatic hydroxyl groups is 1. The Morgan fingerprint density at radius 2 is 1.95 bits per heavy atom. The summed E-state index contributed by atoms with van der Waals surface area (Å²) < 4.78 is 12.9. The number of aliphatic hydroxyl groups excluding tert-OH is 1. The zero-order valence-corrected chi connectivity index (χ0v) is 10.8. The van der Waals surface area contributed by atoms with Crippen LogP contribution in [0.5, 0.6) is 5.75 Å². The van der Waals surface area contributed by atoms with Crippen molar-refractivity contribution in [1.82, 2.24) is 0 Å². The van der Waals surface area contributed by atoms with Gasteiger partial charge in [-0.25, -0.2) is 4.39 Å². The van der Waals surface area contributed by atoms with E-state index in [0.29, 0.717) is 11.3 Å². The molecule has 0 heterocycles. The van der Waals surface area contributed by atoms with Crippen LogP contribution in [0.15, 0.2) is 42.5 Å². The molecule has 0 bridgehead atoms. The number of halogens is 1. The molecule has 2 rings (SSSR count). The third-order valence-electron chi connectivity index (χ3n) is 2.86. The SMILES string of the molecule is CC(O)c1ccccc1NC(=O)c1ccc(F)cc1O. The van der Waals surface area contributed by atoms with Crippen molar-refractivity contribution in [2.45, 2.75) is 13.0 Å². The van der Waals surface area contributed by atoms with E-state index in [-0.39, 0.29) is 5.56 Å². The summed E-state index contributed by atoms with van der Waals surface area (Å²) >= 11 is 0. The summed E-state index contributed by atoms with van der Waals surface area (Å²) in [5.41, 5.74) is 0.963. The number of rotatable bonds is 3. The Morgan fingerprint density at radius 1 is 1.25 bits per heavy atom. The number of para-hydroxylation sites is 1. The van der Waals surface area contributed by atoms with Crippen LogP contribution >= 0.6 is 0 Å². The molecule has 104 valence electrons. The number of amides is 1. The van der Waals surface area contributed by atoms with Gasteiger partial charge in [-0.2, -0.15) is 0 Å². The molecule has 4 nitrogen and oxygen atoms in total. The molecule has 1 amide bonds. The molecule has 0 saturated carbocycles. The lowest BCUT2D eigenvalue weighted by Crippen LogP contribution is -2.14.